The second-order valence-corrected chi connectivity index (χ2v) is 8.93. The molecule has 0 saturated heterocycles. The van der Waals surface area contributed by atoms with E-state index >= 15 is 0 Å². The minimum atomic E-state index is 0. The van der Waals surface area contributed by atoms with Gasteiger partial charge in [-0.05, 0) is 6.42 Å². The lowest BCUT2D eigenvalue weighted by atomic mass is 10.0. The number of nitrogens with one attached hydrogen (secondary N) is 1. The zero-order valence-electron chi connectivity index (χ0n) is 18.8. The molecule has 3 heteroatoms. The molecule has 0 bridgehead atoms. The molecule has 0 aromatic carbocycles. The van der Waals surface area contributed by atoms with Crippen molar-refractivity contribution in [2.24, 2.45) is 0 Å². The Hall–Kier alpha value is -0.120. The first-order chi connectivity index (χ1) is 12.1. The fourth-order valence-electron chi connectivity index (χ4n) is 3.44. The van der Waals surface area contributed by atoms with E-state index in [0.29, 0.717) is 0 Å². The zero-order chi connectivity index (χ0) is 18.6. The normalized spacial score (nSPS) is 11.5. The molecule has 2 N–H and O–H groups in total. The van der Waals surface area contributed by atoms with Crippen LogP contribution in [-0.4, -0.2) is 37.8 Å². The van der Waals surface area contributed by atoms with Gasteiger partial charge in [-0.1, -0.05) is 116 Å². The molecule has 0 saturated carbocycles. The van der Waals surface area contributed by atoms with Crippen LogP contribution in [0, 0.1) is 0 Å². The first-order valence-electron chi connectivity index (χ1n) is 11.6. The molecule has 0 radical (unpaired) electrons. The molecule has 3 nitrogen and oxygen atoms in total. The third-order valence-corrected chi connectivity index (χ3v) is 5.12. The molecule has 0 spiro atoms. The van der Waals surface area contributed by atoms with Crippen molar-refractivity contribution in [3.63, 3.8) is 0 Å². The van der Waals surface area contributed by atoms with Crippen LogP contribution >= 0.6 is 0 Å². The highest BCUT2D eigenvalue weighted by Crippen LogP contribution is 2.14. The van der Waals surface area contributed by atoms with Crippen molar-refractivity contribution in [3.8, 4) is 0 Å². The fraction of sp³-hybridized carbons (Fsp3) is 1.00. The van der Waals surface area contributed by atoms with Crippen molar-refractivity contribution in [3.05, 3.63) is 0 Å². The van der Waals surface area contributed by atoms with E-state index < -0.39 is 0 Å². The van der Waals surface area contributed by atoms with E-state index in [1.54, 1.807) is 0 Å². The molecule has 0 fully saturated rings. The monoisotopic (exact) mass is 372 g/mol. The number of hydrogen-bond donors (Lipinski definition) is 1. The van der Waals surface area contributed by atoms with E-state index in [4.69, 9.17) is 0 Å². The van der Waals surface area contributed by atoms with E-state index in [9.17, 15) is 0 Å². The summed E-state index contributed by atoms with van der Waals surface area (Å²) in [4.78, 5) is 0. The van der Waals surface area contributed by atoms with E-state index in [1.165, 1.54) is 116 Å². The van der Waals surface area contributed by atoms with Gasteiger partial charge in [0.05, 0.1) is 21.1 Å². The minimum Gasteiger partial charge on any atom is -0.870 e. The molecule has 0 aromatic heterocycles. The molecule has 0 aliphatic heterocycles. The van der Waals surface area contributed by atoms with Crippen molar-refractivity contribution in [2.45, 2.75) is 122 Å². The molecular formula is C23H52N2O. The van der Waals surface area contributed by atoms with Crippen LogP contribution in [0.15, 0.2) is 0 Å². The van der Waals surface area contributed by atoms with Gasteiger partial charge in [0.1, 0.15) is 0 Å². The smallest absolute Gasteiger partial charge is 0.0853 e. The summed E-state index contributed by atoms with van der Waals surface area (Å²) in [5.41, 5.74) is 3.51. The van der Waals surface area contributed by atoms with E-state index in [-0.39, 0.29) is 5.48 Å². The summed E-state index contributed by atoms with van der Waals surface area (Å²) in [7, 11) is 6.57. The SMILES string of the molecule is CCCCCCCCCCCCCCCCCCCCN[N+](C)(C)C.[OH-]. The predicted molar refractivity (Wildman–Crippen MR) is 117 cm³/mol. The Morgan fingerprint density at radius 2 is 0.731 bits per heavy atom. The van der Waals surface area contributed by atoms with Gasteiger partial charge in [-0.3, -0.25) is 4.59 Å². The van der Waals surface area contributed by atoms with Gasteiger partial charge in [0, 0.05) is 6.54 Å². The van der Waals surface area contributed by atoms with E-state index in [0.717, 1.165) is 11.1 Å². The Morgan fingerprint density at radius 3 is 1.00 bits per heavy atom. The molecule has 0 atom stereocenters. The maximum Gasteiger partial charge on any atom is 0.0853 e. The lowest BCUT2D eigenvalue weighted by Gasteiger charge is -2.23. The molecule has 160 valence electrons. The lowest BCUT2D eigenvalue weighted by Crippen LogP contribution is -2.48. The topological polar surface area (TPSA) is 42.0 Å². The van der Waals surface area contributed by atoms with Crippen molar-refractivity contribution >= 4 is 0 Å². The standard InChI is InChI=1S/C23H51N2.H2O/c1-5-6-7-8-9-10-11-12-13-14-15-16-17-18-19-20-21-22-23-24-25(2,3)4;/h24H,5-23H2,1-4H3;1H2/q+1;/p-1. The molecule has 0 aromatic rings. The minimum absolute atomic E-state index is 0. The second kappa shape index (κ2) is 21.2. The summed E-state index contributed by atoms with van der Waals surface area (Å²) >= 11 is 0. The Balaban J connectivity index is 0. The Labute approximate surface area is 166 Å². The summed E-state index contributed by atoms with van der Waals surface area (Å²) < 4.78 is 0.874. The maximum absolute atomic E-state index is 3.51. The largest absolute Gasteiger partial charge is 0.870 e. The highest BCUT2D eigenvalue weighted by molar-refractivity contribution is 4.50. The number of hydrogen-bond acceptors (Lipinski definition) is 2. The van der Waals surface area contributed by atoms with Crippen molar-refractivity contribution in [1.29, 1.82) is 0 Å². The van der Waals surface area contributed by atoms with Crippen LogP contribution in [0.1, 0.15) is 122 Å². The number of rotatable bonds is 20. The van der Waals surface area contributed by atoms with Crippen LogP contribution in [0.25, 0.3) is 0 Å². The van der Waals surface area contributed by atoms with Crippen LogP contribution in [0.5, 0.6) is 0 Å². The molecular weight excluding hydrogens is 320 g/mol. The molecule has 0 heterocycles. The van der Waals surface area contributed by atoms with Gasteiger partial charge >= 0.3 is 0 Å². The average molecular weight is 373 g/mol. The quantitative estimate of drug-likeness (QED) is 0.141. The van der Waals surface area contributed by atoms with Gasteiger partial charge in [-0.15, -0.1) is 0 Å². The third kappa shape index (κ3) is 26.1. The Bertz CT molecular complexity index is 251. The summed E-state index contributed by atoms with van der Waals surface area (Å²) in [5.74, 6) is 0. The number of unbranched alkanes of at least 4 members (excludes halogenated alkanes) is 17. The van der Waals surface area contributed by atoms with Crippen LogP contribution in [0.2, 0.25) is 0 Å². The third-order valence-electron chi connectivity index (χ3n) is 5.12. The summed E-state index contributed by atoms with van der Waals surface area (Å²) in [5, 5.41) is 0. The highest BCUT2D eigenvalue weighted by Gasteiger charge is 2.03. The molecule has 0 aliphatic carbocycles. The first kappa shape index (κ1) is 28.1. The number of nitrogens with zero attached hydrogens (tertiary/aromatic N) is 1. The highest BCUT2D eigenvalue weighted by atomic mass is 16.0. The van der Waals surface area contributed by atoms with Gasteiger partial charge in [-0.2, -0.15) is 5.43 Å². The van der Waals surface area contributed by atoms with Crippen LogP contribution in [0.4, 0.5) is 0 Å². The summed E-state index contributed by atoms with van der Waals surface area (Å²) in [6.45, 7) is 3.45. The summed E-state index contributed by atoms with van der Waals surface area (Å²) in [6.07, 6.45) is 26.1. The van der Waals surface area contributed by atoms with Crippen LogP contribution in [0.3, 0.4) is 0 Å². The summed E-state index contributed by atoms with van der Waals surface area (Å²) in [6, 6.07) is 0. The van der Waals surface area contributed by atoms with Gasteiger partial charge in [0.25, 0.3) is 0 Å². The molecule has 0 aliphatic rings. The molecule has 0 rings (SSSR count). The maximum atomic E-state index is 3.51. The predicted octanol–water partition coefficient (Wildman–Crippen LogP) is 7.06. The second-order valence-electron chi connectivity index (χ2n) is 8.93. The number of quaternary nitrogens is 1. The molecule has 0 amide bonds. The van der Waals surface area contributed by atoms with E-state index in [1.807, 2.05) is 0 Å². The van der Waals surface area contributed by atoms with Gasteiger partial charge in [0.15, 0.2) is 0 Å². The molecule has 0 unspecified atom stereocenters. The Morgan fingerprint density at radius 1 is 0.462 bits per heavy atom. The average Bonchev–Trinajstić information content (AvgIpc) is 2.56. The van der Waals surface area contributed by atoms with Gasteiger partial charge in [-0.25, -0.2) is 0 Å². The fourth-order valence-corrected chi connectivity index (χ4v) is 3.44. The molecule has 26 heavy (non-hydrogen) atoms. The zero-order valence-corrected chi connectivity index (χ0v) is 18.8. The Kier molecular flexibility index (Phi) is 22.9. The van der Waals surface area contributed by atoms with Crippen molar-refractivity contribution in [2.75, 3.05) is 27.7 Å². The first-order valence-corrected chi connectivity index (χ1v) is 11.6. The van der Waals surface area contributed by atoms with E-state index in [2.05, 4.69) is 33.5 Å². The van der Waals surface area contributed by atoms with Crippen molar-refractivity contribution in [1.82, 2.24) is 5.43 Å². The van der Waals surface area contributed by atoms with Gasteiger partial charge < -0.3 is 5.48 Å². The van der Waals surface area contributed by atoms with Crippen molar-refractivity contribution < 1.29 is 10.1 Å². The van der Waals surface area contributed by atoms with Crippen LogP contribution in [-0.2, 0) is 0 Å². The van der Waals surface area contributed by atoms with Gasteiger partial charge in [0.2, 0.25) is 0 Å². The van der Waals surface area contributed by atoms with Crippen LogP contribution < -0.4 is 5.43 Å². The lowest BCUT2D eigenvalue weighted by molar-refractivity contribution is -0.915.